The summed E-state index contributed by atoms with van der Waals surface area (Å²) in [4.78, 5) is 26.1. The number of esters is 1. The summed E-state index contributed by atoms with van der Waals surface area (Å²) in [5, 5.41) is 12.4. The molecule has 1 heterocycles. The van der Waals surface area contributed by atoms with Crippen molar-refractivity contribution in [3.63, 3.8) is 0 Å². The SMILES string of the molecule is CCOC(=O)C1CCCN(/C=C(/C#N)C(=O)Nc2cccc(Cl)c2Cl)C1. The van der Waals surface area contributed by atoms with E-state index >= 15 is 0 Å². The van der Waals surface area contributed by atoms with Gasteiger partial charge in [0.15, 0.2) is 0 Å². The number of carbonyl (C=O) groups excluding carboxylic acids is 2. The fourth-order valence-corrected chi connectivity index (χ4v) is 3.03. The van der Waals surface area contributed by atoms with Crippen molar-refractivity contribution in [2.75, 3.05) is 25.0 Å². The van der Waals surface area contributed by atoms with Gasteiger partial charge in [0, 0.05) is 19.3 Å². The molecular weight excluding hydrogens is 377 g/mol. The zero-order valence-electron chi connectivity index (χ0n) is 14.3. The van der Waals surface area contributed by atoms with Crippen LogP contribution < -0.4 is 5.32 Å². The Morgan fingerprint density at radius 2 is 2.23 bits per heavy atom. The van der Waals surface area contributed by atoms with Crippen molar-refractivity contribution >= 4 is 40.8 Å². The van der Waals surface area contributed by atoms with Gasteiger partial charge in [-0.05, 0) is 31.9 Å². The lowest BCUT2D eigenvalue weighted by Gasteiger charge is -2.30. The van der Waals surface area contributed by atoms with Crippen molar-refractivity contribution in [1.29, 1.82) is 5.26 Å². The number of anilines is 1. The molecule has 0 aromatic heterocycles. The highest BCUT2D eigenvalue weighted by molar-refractivity contribution is 6.44. The first-order valence-electron chi connectivity index (χ1n) is 8.24. The van der Waals surface area contributed by atoms with Crippen LogP contribution in [0.15, 0.2) is 30.0 Å². The summed E-state index contributed by atoms with van der Waals surface area (Å²) in [5.74, 6) is -1.10. The summed E-state index contributed by atoms with van der Waals surface area (Å²) in [6.45, 7) is 3.16. The molecule has 0 saturated carbocycles. The molecule has 1 aliphatic rings. The van der Waals surface area contributed by atoms with Crippen molar-refractivity contribution in [3.05, 3.63) is 40.0 Å². The molecule has 1 aromatic carbocycles. The number of ether oxygens (including phenoxy) is 1. The number of nitriles is 1. The molecule has 1 N–H and O–H groups in total. The molecule has 0 spiro atoms. The van der Waals surface area contributed by atoms with Crippen LogP contribution in [0.3, 0.4) is 0 Å². The molecule has 0 aliphatic carbocycles. The number of nitrogens with zero attached hydrogens (tertiary/aromatic N) is 2. The third kappa shape index (κ3) is 5.13. The Bertz CT molecular complexity index is 759. The van der Waals surface area contributed by atoms with E-state index in [1.165, 1.54) is 6.20 Å². The summed E-state index contributed by atoms with van der Waals surface area (Å²) in [6.07, 6.45) is 2.98. The lowest BCUT2D eigenvalue weighted by Crippen LogP contribution is -2.37. The Balaban J connectivity index is 2.09. The number of likely N-dealkylation sites (tertiary alicyclic amines) is 1. The molecule has 2 rings (SSSR count). The predicted octanol–water partition coefficient (Wildman–Crippen LogP) is 3.61. The number of amides is 1. The molecule has 1 amide bonds. The fourth-order valence-electron chi connectivity index (χ4n) is 2.69. The summed E-state index contributed by atoms with van der Waals surface area (Å²) in [7, 11) is 0. The number of halogens is 2. The average molecular weight is 396 g/mol. The Kier molecular flexibility index (Phi) is 7.31. The highest BCUT2D eigenvalue weighted by Crippen LogP contribution is 2.29. The Labute approximate surface area is 162 Å². The third-order valence-electron chi connectivity index (χ3n) is 3.95. The molecule has 1 aromatic rings. The summed E-state index contributed by atoms with van der Waals surface area (Å²) in [5.41, 5.74) is 0.249. The fraction of sp³-hybridized carbons (Fsp3) is 0.389. The maximum atomic E-state index is 12.4. The standard InChI is InChI=1S/C18H19Cl2N3O3/c1-2-26-18(25)12-5-4-8-23(10-12)11-13(9-21)17(24)22-15-7-3-6-14(19)16(15)20/h3,6-7,11-12H,2,4-5,8,10H2,1H3,(H,22,24)/b13-11-. The molecule has 138 valence electrons. The van der Waals surface area contributed by atoms with E-state index in [4.69, 9.17) is 27.9 Å². The molecule has 1 aliphatic heterocycles. The van der Waals surface area contributed by atoms with Crippen molar-refractivity contribution in [2.24, 2.45) is 5.92 Å². The minimum atomic E-state index is -0.588. The summed E-state index contributed by atoms with van der Waals surface area (Å²) >= 11 is 12.0. The summed E-state index contributed by atoms with van der Waals surface area (Å²) in [6, 6.07) is 6.73. The van der Waals surface area contributed by atoms with E-state index < -0.39 is 5.91 Å². The van der Waals surface area contributed by atoms with Gasteiger partial charge in [-0.1, -0.05) is 29.3 Å². The molecule has 6 nitrogen and oxygen atoms in total. The van der Waals surface area contributed by atoms with E-state index in [9.17, 15) is 14.9 Å². The van der Waals surface area contributed by atoms with Crippen LogP contribution in [0, 0.1) is 17.2 Å². The first-order valence-corrected chi connectivity index (χ1v) is 8.99. The van der Waals surface area contributed by atoms with Gasteiger partial charge in [0.1, 0.15) is 11.6 Å². The molecule has 26 heavy (non-hydrogen) atoms. The van der Waals surface area contributed by atoms with Gasteiger partial charge in [-0.15, -0.1) is 0 Å². The highest BCUT2D eigenvalue weighted by atomic mass is 35.5. The number of benzene rings is 1. The van der Waals surface area contributed by atoms with Crippen LogP contribution in [0.1, 0.15) is 19.8 Å². The maximum Gasteiger partial charge on any atom is 0.310 e. The van der Waals surface area contributed by atoms with Gasteiger partial charge in [-0.25, -0.2) is 0 Å². The zero-order valence-corrected chi connectivity index (χ0v) is 15.8. The van der Waals surface area contributed by atoms with Crippen LogP contribution in [0.25, 0.3) is 0 Å². The van der Waals surface area contributed by atoms with Crippen LogP contribution in [-0.2, 0) is 14.3 Å². The Morgan fingerprint density at radius 3 is 2.92 bits per heavy atom. The van der Waals surface area contributed by atoms with Gasteiger partial charge in [0.05, 0.1) is 28.3 Å². The summed E-state index contributed by atoms with van der Waals surface area (Å²) < 4.78 is 5.05. The quantitative estimate of drug-likeness (QED) is 0.467. The van der Waals surface area contributed by atoms with Crippen molar-refractivity contribution in [2.45, 2.75) is 19.8 Å². The smallest absolute Gasteiger partial charge is 0.310 e. The first kappa shape index (κ1) is 20.1. The topological polar surface area (TPSA) is 82.4 Å². The normalized spacial score (nSPS) is 17.4. The molecule has 1 fully saturated rings. The van der Waals surface area contributed by atoms with Crippen LogP contribution in [0.4, 0.5) is 5.69 Å². The number of piperidine rings is 1. The van der Waals surface area contributed by atoms with Gasteiger partial charge in [0.25, 0.3) is 5.91 Å². The first-order chi connectivity index (χ1) is 12.5. The molecule has 0 bridgehead atoms. The highest BCUT2D eigenvalue weighted by Gasteiger charge is 2.26. The zero-order chi connectivity index (χ0) is 19.1. The van der Waals surface area contributed by atoms with Gasteiger partial charge in [0.2, 0.25) is 0 Å². The second kappa shape index (κ2) is 9.46. The maximum absolute atomic E-state index is 12.4. The van der Waals surface area contributed by atoms with Gasteiger partial charge in [-0.3, -0.25) is 9.59 Å². The number of rotatable bonds is 5. The second-order valence-corrected chi connectivity index (χ2v) is 6.58. The van der Waals surface area contributed by atoms with E-state index in [0.717, 1.165) is 12.8 Å². The third-order valence-corrected chi connectivity index (χ3v) is 4.77. The number of hydrogen-bond donors (Lipinski definition) is 1. The molecule has 1 unspecified atom stereocenters. The molecule has 1 atom stereocenters. The lowest BCUT2D eigenvalue weighted by molar-refractivity contribution is -0.149. The minimum absolute atomic E-state index is 0.0782. The molecule has 1 saturated heterocycles. The second-order valence-electron chi connectivity index (χ2n) is 5.80. The largest absolute Gasteiger partial charge is 0.466 e. The predicted molar refractivity (Wildman–Crippen MR) is 99.7 cm³/mol. The van der Waals surface area contributed by atoms with Crippen molar-refractivity contribution in [1.82, 2.24) is 4.90 Å². The molecule has 0 radical (unpaired) electrons. The Hall–Kier alpha value is -2.23. The van der Waals surface area contributed by atoms with Crippen molar-refractivity contribution in [3.8, 4) is 6.07 Å². The number of carbonyl (C=O) groups is 2. The van der Waals surface area contributed by atoms with E-state index in [-0.39, 0.29) is 22.5 Å². The van der Waals surface area contributed by atoms with E-state index in [2.05, 4.69) is 5.32 Å². The van der Waals surface area contributed by atoms with Crippen LogP contribution >= 0.6 is 23.2 Å². The average Bonchev–Trinajstić information content (AvgIpc) is 2.64. The van der Waals surface area contributed by atoms with E-state index in [1.807, 2.05) is 6.07 Å². The Morgan fingerprint density at radius 1 is 1.46 bits per heavy atom. The number of nitrogens with one attached hydrogen (secondary N) is 1. The van der Waals surface area contributed by atoms with Gasteiger partial charge in [-0.2, -0.15) is 5.26 Å². The van der Waals surface area contributed by atoms with Crippen LogP contribution in [0.2, 0.25) is 10.0 Å². The lowest BCUT2D eigenvalue weighted by atomic mass is 9.98. The van der Waals surface area contributed by atoms with Crippen molar-refractivity contribution < 1.29 is 14.3 Å². The molecule has 8 heteroatoms. The monoisotopic (exact) mass is 395 g/mol. The van der Waals surface area contributed by atoms with E-state index in [0.29, 0.717) is 30.4 Å². The van der Waals surface area contributed by atoms with Crippen LogP contribution in [0.5, 0.6) is 0 Å². The number of hydrogen-bond acceptors (Lipinski definition) is 5. The van der Waals surface area contributed by atoms with Gasteiger partial charge < -0.3 is 15.0 Å². The minimum Gasteiger partial charge on any atom is -0.466 e. The molecular formula is C18H19Cl2N3O3. The van der Waals surface area contributed by atoms with Gasteiger partial charge >= 0.3 is 5.97 Å². The van der Waals surface area contributed by atoms with Crippen LogP contribution in [-0.4, -0.2) is 36.5 Å². The van der Waals surface area contributed by atoms with E-state index in [1.54, 1.807) is 30.0 Å².